The van der Waals surface area contributed by atoms with Crippen molar-refractivity contribution < 1.29 is 0 Å². The maximum atomic E-state index is 5.54. The van der Waals surface area contributed by atoms with Crippen molar-refractivity contribution in [1.29, 1.82) is 0 Å². The van der Waals surface area contributed by atoms with Crippen LogP contribution in [0.4, 0.5) is 0 Å². The molecule has 98 valence electrons. The molecule has 16 heavy (non-hydrogen) atoms. The van der Waals surface area contributed by atoms with Crippen molar-refractivity contribution in [2.45, 2.75) is 39.2 Å². The number of hydrogen-bond donors (Lipinski definition) is 4. The maximum Gasteiger partial charge on any atom is 0.00392 e. The maximum absolute atomic E-state index is 5.54. The van der Waals surface area contributed by atoms with Crippen LogP contribution in [0.3, 0.4) is 0 Å². The third kappa shape index (κ3) is 10.4. The van der Waals surface area contributed by atoms with Crippen molar-refractivity contribution in [3.05, 3.63) is 0 Å². The molecule has 0 aromatic rings. The molecule has 0 aliphatic heterocycles. The molecule has 0 aromatic carbocycles. The van der Waals surface area contributed by atoms with Gasteiger partial charge in [-0.15, -0.1) is 0 Å². The molecule has 0 aliphatic carbocycles. The molecule has 0 rings (SSSR count). The molecular weight excluding hydrogens is 200 g/mol. The summed E-state index contributed by atoms with van der Waals surface area (Å²) in [5.41, 5.74) is 11.0. The summed E-state index contributed by atoms with van der Waals surface area (Å²) in [6.45, 7) is 9.11. The van der Waals surface area contributed by atoms with Gasteiger partial charge < -0.3 is 22.1 Å². The van der Waals surface area contributed by atoms with Gasteiger partial charge in [-0.2, -0.15) is 0 Å². The topological polar surface area (TPSA) is 76.1 Å². The molecule has 4 nitrogen and oxygen atoms in total. The van der Waals surface area contributed by atoms with Crippen LogP contribution < -0.4 is 22.1 Å². The van der Waals surface area contributed by atoms with E-state index in [1.54, 1.807) is 0 Å². The van der Waals surface area contributed by atoms with Crippen molar-refractivity contribution in [3.8, 4) is 0 Å². The van der Waals surface area contributed by atoms with Crippen molar-refractivity contribution in [1.82, 2.24) is 10.6 Å². The molecular formula is C12H30N4. The van der Waals surface area contributed by atoms with E-state index in [4.69, 9.17) is 11.5 Å². The molecule has 0 aromatic heterocycles. The zero-order valence-corrected chi connectivity index (χ0v) is 11.0. The Morgan fingerprint density at radius 2 is 1.81 bits per heavy atom. The Morgan fingerprint density at radius 1 is 1.06 bits per heavy atom. The summed E-state index contributed by atoms with van der Waals surface area (Å²) in [6, 6.07) is 0.597. The average molecular weight is 230 g/mol. The second kappa shape index (κ2) is 11.3. The Labute approximate surface area is 101 Å². The molecule has 0 radical (unpaired) electrons. The van der Waals surface area contributed by atoms with Gasteiger partial charge >= 0.3 is 0 Å². The zero-order chi connectivity index (χ0) is 12.2. The molecule has 0 heterocycles. The van der Waals surface area contributed by atoms with Gasteiger partial charge in [-0.3, -0.25) is 0 Å². The van der Waals surface area contributed by atoms with Gasteiger partial charge in [0.15, 0.2) is 0 Å². The Hall–Kier alpha value is -0.160. The van der Waals surface area contributed by atoms with Crippen molar-refractivity contribution in [2.75, 3.05) is 32.7 Å². The quantitative estimate of drug-likeness (QED) is 0.385. The minimum absolute atomic E-state index is 0.583. The van der Waals surface area contributed by atoms with Gasteiger partial charge in [0, 0.05) is 6.04 Å². The van der Waals surface area contributed by atoms with Crippen LogP contribution in [0.15, 0.2) is 0 Å². The van der Waals surface area contributed by atoms with Gasteiger partial charge in [-0.25, -0.2) is 0 Å². The Morgan fingerprint density at radius 3 is 2.44 bits per heavy atom. The summed E-state index contributed by atoms with van der Waals surface area (Å²) in [4.78, 5) is 0. The number of nitrogens with two attached hydrogens (primary N) is 2. The van der Waals surface area contributed by atoms with E-state index in [-0.39, 0.29) is 0 Å². The van der Waals surface area contributed by atoms with Crippen LogP contribution in [0.1, 0.15) is 33.1 Å². The van der Waals surface area contributed by atoms with Crippen LogP contribution >= 0.6 is 0 Å². The van der Waals surface area contributed by atoms with Crippen LogP contribution in [0.25, 0.3) is 0 Å². The minimum atomic E-state index is 0.583. The monoisotopic (exact) mass is 230 g/mol. The summed E-state index contributed by atoms with van der Waals surface area (Å²) >= 11 is 0. The predicted octanol–water partition coefficient (Wildman–Crippen LogP) is 0.278. The van der Waals surface area contributed by atoms with E-state index in [9.17, 15) is 0 Å². The first-order valence-corrected chi connectivity index (χ1v) is 6.55. The fraction of sp³-hybridized carbons (Fsp3) is 1.00. The molecule has 0 spiro atoms. The SMILES string of the molecule is CC(CN)CNCCCC(C)NCCCN. The first-order valence-electron chi connectivity index (χ1n) is 6.55. The molecule has 4 heteroatoms. The fourth-order valence-corrected chi connectivity index (χ4v) is 1.52. The highest BCUT2D eigenvalue weighted by Crippen LogP contribution is 1.95. The first kappa shape index (κ1) is 15.8. The van der Waals surface area contributed by atoms with E-state index in [1.165, 1.54) is 12.8 Å². The lowest BCUT2D eigenvalue weighted by atomic mass is 10.1. The lowest BCUT2D eigenvalue weighted by molar-refractivity contribution is 0.465. The third-order valence-electron chi connectivity index (χ3n) is 2.76. The van der Waals surface area contributed by atoms with E-state index in [2.05, 4.69) is 24.5 Å². The lowest BCUT2D eigenvalue weighted by Crippen LogP contribution is -2.30. The van der Waals surface area contributed by atoms with E-state index in [1.807, 2.05) is 0 Å². The van der Waals surface area contributed by atoms with Gasteiger partial charge in [-0.1, -0.05) is 6.92 Å². The summed E-state index contributed by atoms with van der Waals surface area (Å²) < 4.78 is 0. The molecule has 0 fully saturated rings. The average Bonchev–Trinajstić information content (AvgIpc) is 2.28. The van der Waals surface area contributed by atoms with Gasteiger partial charge in [0.25, 0.3) is 0 Å². The molecule has 0 amide bonds. The Kier molecular flexibility index (Phi) is 11.2. The fourth-order valence-electron chi connectivity index (χ4n) is 1.52. The van der Waals surface area contributed by atoms with Gasteiger partial charge in [0.2, 0.25) is 0 Å². The van der Waals surface area contributed by atoms with Crippen LogP contribution in [0.2, 0.25) is 0 Å². The Balaban J connectivity index is 3.17. The summed E-state index contributed by atoms with van der Waals surface area (Å²) in [5.74, 6) is 0.583. The van der Waals surface area contributed by atoms with Crippen LogP contribution in [0, 0.1) is 5.92 Å². The molecule has 0 saturated heterocycles. The second-order valence-electron chi connectivity index (χ2n) is 4.68. The van der Waals surface area contributed by atoms with Crippen molar-refractivity contribution in [3.63, 3.8) is 0 Å². The predicted molar refractivity (Wildman–Crippen MR) is 71.5 cm³/mol. The van der Waals surface area contributed by atoms with Crippen LogP contribution in [-0.4, -0.2) is 38.8 Å². The highest BCUT2D eigenvalue weighted by molar-refractivity contribution is 4.63. The third-order valence-corrected chi connectivity index (χ3v) is 2.76. The number of rotatable bonds is 11. The highest BCUT2D eigenvalue weighted by Gasteiger charge is 2.01. The van der Waals surface area contributed by atoms with Crippen LogP contribution in [0.5, 0.6) is 0 Å². The highest BCUT2D eigenvalue weighted by atomic mass is 14.9. The molecule has 0 bridgehead atoms. The van der Waals surface area contributed by atoms with E-state index in [0.29, 0.717) is 12.0 Å². The molecule has 2 unspecified atom stereocenters. The molecule has 0 saturated carbocycles. The number of hydrogen-bond acceptors (Lipinski definition) is 4. The normalized spacial score (nSPS) is 15.0. The molecule has 2 atom stereocenters. The summed E-state index contributed by atoms with van der Waals surface area (Å²) in [6.07, 6.45) is 3.50. The van der Waals surface area contributed by atoms with Gasteiger partial charge in [0.05, 0.1) is 0 Å². The smallest absolute Gasteiger partial charge is 0.00392 e. The Bertz CT molecular complexity index is 141. The lowest BCUT2D eigenvalue weighted by Gasteiger charge is -2.14. The van der Waals surface area contributed by atoms with Crippen molar-refractivity contribution in [2.24, 2.45) is 17.4 Å². The van der Waals surface area contributed by atoms with Gasteiger partial charge in [0.1, 0.15) is 0 Å². The standard InChI is InChI=1S/C12H30N4/c1-11(9-14)10-15-7-3-5-12(2)16-8-4-6-13/h11-12,15-16H,3-10,13-14H2,1-2H3. The zero-order valence-electron chi connectivity index (χ0n) is 11.0. The van der Waals surface area contributed by atoms with Crippen LogP contribution in [-0.2, 0) is 0 Å². The molecule has 0 aliphatic rings. The second-order valence-corrected chi connectivity index (χ2v) is 4.68. The summed E-state index contributed by atoms with van der Waals surface area (Å²) in [7, 11) is 0. The molecule has 6 N–H and O–H groups in total. The van der Waals surface area contributed by atoms with E-state index >= 15 is 0 Å². The van der Waals surface area contributed by atoms with E-state index < -0.39 is 0 Å². The summed E-state index contributed by atoms with van der Waals surface area (Å²) in [5, 5.41) is 6.90. The minimum Gasteiger partial charge on any atom is -0.330 e. The first-order chi connectivity index (χ1) is 7.70. The van der Waals surface area contributed by atoms with E-state index in [0.717, 1.165) is 39.1 Å². The van der Waals surface area contributed by atoms with Crippen molar-refractivity contribution >= 4 is 0 Å². The largest absolute Gasteiger partial charge is 0.330 e. The number of nitrogens with one attached hydrogen (secondary N) is 2. The van der Waals surface area contributed by atoms with Gasteiger partial charge in [-0.05, 0) is 64.8 Å².